The molecule has 0 bridgehead atoms. The van der Waals surface area contributed by atoms with E-state index in [0.717, 1.165) is 51.1 Å². The summed E-state index contributed by atoms with van der Waals surface area (Å²) < 4.78 is 10.2. The van der Waals surface area contributed by atoms with Crippen LogP contribution in [0.1, 0.15) is 28.8 Å². The fourth-order valence-electron chi connectivity index (χ4n) is 3.28. The molecular formula is C18H24N2O4. The number of piperazine rings is 1. The number of ether oxygens (including phenoxy) is 2. The molecule has 1 unspecified atom stereocenters. The average molecular weight is 332 g/mol. The molecule has 0 saturated carbocycles. The molecule has 1 aromatic carbocycles. The number of esters is 1. The molecule has 24 heavy (non-hydrogen) atoms. The smallest absolute Gasteiger partial charge is 0.337 e. The lowest BCUT2D eigenvalue weighted by Gasteiger charge is -2.35. The monoisotopic (exact) mass is 332 g/mol. The minimum Gasteiger partial charge on any atom is -0.465 e. The van der Waals surface area contributed by atoms with Crippen LogP contribution in [0.3, 0.4) is 0 Å². The van der Waals surface area contributed by atoms with Crippen molar-refractivity contribution in [1.29, 1.82) is 0 Å². The van der Waals surface area contributed by atoms with Gasteiger partial charge in [-0.3, -0.25) is 9.69 Å². The van der Waals surface area contributed by atoms with E-state index in [4.69, 9.17) is 9.47 Å². The third-order valence-electron chi connectivity index (χ3n) is 4.64. The van der Waals surface area contributed by atoms with Crippen LogP contribution in [0.15, 0.2) is 24.3 Å². The molecule has 2 heterocycles. The van der Waals surface area contributed by atoms with E-state index in [0.29, 0.717) is 12.2 Å². The molecule has 0 N–H and O–H groups in total. The van der Waals surface area contributed by atoms with Gasteiger partial charge in [0.25, 0.3) is 5.91 Å². The predicted octanol–water partition coefficient (Wildman–Crippen LogP) is 1.30. The Bertz CT molecular complexity index is 590. The summed E-state index contributed by atoms with van der Waals surface area (Å²) in [6, 6.07) is 7.51. The van der Waals surface area contributed by atoms with Crippen LogP contribution in [0.25, 0.3) is 0 Å². The molecule has 2 aliphatic heterocycles. The van der Waals surface area contributed by atoms with Gasteiger partial charge in [-0.05, 0) is 30.5 Å². The van der Waals surface area contributed by atoms with E-state index in [1.807, 2.05) is 23.1 Å². The predicted molar refractivity (Wildman–Crippen MR) is 88.6 cm³/mol. The standard InChI is InChI=1S/C18H24N2O4/c1-23-18(22)15-5-2-4-14(12-15)13-19-7-9-20(10-8-19)17(21)16-6-3-11-24-16/h2,4-5,12,16H,3,6-11,13H2,1H3. The second kappa shape index (κ2) is 7.77. The maximum atomic E-state index is 12.3. The Balaban J connectivity index is 1.52. The van der Waals surface area contributed by atoms with Gasteiger partial charge in [-0.25, -0.2) is 4.79 Å². The van der Waals surface area contributed by atoms with Gasteiger partial charge in [-0.2, -0.15) is 0 Å². The fraction of sp³-hybridized carbons (Fsp3) is 0.556. The Kier molecular flexibility index (Phi) is 5.48. The van der Waals surface area contributed by atoms with E-state index >= 15 is 0 Å². The highest BCUT2D eigenvalue weighted by atomic mass is 16.5. The van der Waals surface area contributed by atoms with Crippen molar-refractivity contribution in [2.24, 2.45) is 0 Å². The van der Waals surface area contributed by atoms with Crippen molar-refractivity contribution in [3.05, 3.63) is 35.4 Å². The molecule has 6 nitrogen and oxygen atoms in total. The van der Waals surface area contributed by atoms with Crippen molar-refractivity contribution in [2.45, 2.75) is 25.5 Å². The van der Waals surface area contributed by atoms with Crippen LogP contribution in [0, 0.1) is 0 Å². The minimum absolute atomic E-state index is 0.139. The van der Waals surface area contributed by atoms with E-state index in [1.54, 1.807) is 6.07 Å². The molecular weight excluding hydrogens is 308 g/mol. The number of amides is 1. The third-order valence-corrected chi connectivity index (χ3v) is 4.64. The average Bonchev–Trinajstić information content (AvgIpc) is 3.16. The largest absolute Gasteiger partial charge is 0.465 e. The molecule has 2 fully saturated rings. The summed E-state index contributed by atoms with van der Waals surface area (Å²) in [5.41, 5.74) is 1.65. The number of benzene rings is 1. The molecule has 2 saturated heterocycles. The first-order chi connectivity index (χ1) is 11.7. The van der Waals surface area contributed by atoms with E-state index in [1.165, 1.54) is 7.11 Å². The van der Waals surface area contributed by atoms with Gasteiger partial charge < -0.3 is 14.4 Å². The molecule has 130 valence electrons. The zero-order chi connectivity index (χ0) is 16.9. The summed E-state index contributed by atoms with van der Waals surface area (Å²) in [4.78, 5) is 28.2. The normalized spacial score (nSPS) is 21.7. The lowest BCUT2D eigenvalue weighted by Crippen LogP contribution is -2.51. The van der Waals surface area contributed by atoms with Gasteiger partial charge in [0.2, 0.25) is 0 Å². The minimum atomic E-state index is -0.316. The molecule has 3 rings (SSSR count). The summed E-state index contributed by atoms with van der Waals surface area (Å²) in [5.74, 6) is -0.177. The van der Waals surface area contributed by atoms with Crippen molar-refractivity contribution in [3.8, 4) is 0 Å². The number of rotatable bonds is 4. The lowest BCUT2D eigenvalue weighted by atomic mass is 10.1. The maximum absolute atomic E-state index is 12.3. The molecule has 1 aromatic rings. The molecule has 1 atom stereocenters. The van der Waals surface area contributed by atoms with E-state index in [2.05, 4.69) is 4.90 Å². The van der Waals surface area contributed by atoms with E-state index in [9.17, 15) is 9.59 Å². The number of nitrogens with zero attached hydrogens (tertiary/aromatic N) is 2. The van der Waals surface area contributed by atoms with Gasteiger partial charge in [0, 0.05) is 39.3 Å². The molecule has 2 aliphatic rings. The van der Waals surface area contributed by atoms with Gasteiger partial charge in [0.1, 0.15) is 6.10 Å². The zero-order valence-electron chi connectivity index (χ0n) is 14.1. The molecule has 6 heteroatoms. The van der Waals surface area contributed by atoms with Gasteiger partial charge in [-0.1, -0.05) is 12.1 Å². The molecule has 0 aromatic heterocycles. The summed E-state index contributed by atoms with van der Waals surface area (Å²) >= 11 is 0. The Morgan fingerprint density at radius 3 is 2.71 bits per heavy atom. The van der Waals surface area contributed by atoms with Crippen LogP contribution >= 0.6 is 0 Å². The van der Waals surface area contributed by atoms with E-state index < -0.39 is 0 Å². The number of methoxy groups -OCH3 is 1. The van der Waals surface area contributed by atoms with Crippen LogP contribution in [-0.4, -0.2) is 67.7 Å². The highest BCUT2D eigenvalue weighted by Gasteiger charge is 2.30. The first-order valence-electron chi connectivity index (χ1n) is 8.47. The second-order valence-electron chi connectivity index (χ2n) is 6.30. The van der Waals surface area contributed by atoms with Crippen LogP contribution in [-0.2, 0) is 20.8 Å². The van der Waals surface area contributed by atoms with Crippen LogP contribution in [0.5, 0.6) is 0 Å². The zero-order valence-corrected chi connectivity index (χ0v) is 14.1. The van der Waals surface area contributed by atoms with Crippen molar-refractivity contribution < 1.29 is 19.1 Å². The molecule has 0 aliphatic carbocycles. The number of hydrogen-bond acceptors (Lipinski definition) is 5. The maximum Gasteiger partial charge on any atom is 0.337 e. The summed E-state index contributed by atoms with van der Waals surface area (Å²) in [5, 5.41) is 0. The van der Waals surface area contributed by atoms with Gasteiger partial charge in [-0.15, -0.1) is 0 Å². The third kappa shape index (κ3) is 3.94. The van der Waals surface area contributed by atoms with Crippen LogP contribution in [0.2, 0.25) is 0 Å². The molecule has 0 spiro atoms. The fourth-order valence-corrected chi connectivity index (χ4v) is 3.28. The van der Waals surface area contributed by atoms with Gasteiger partial charge >= 0.3 is 5.97 Å². The summed E-state index contributed by atoms with van der Waals surface area (Å²) in [7, 11) is 1.39. The van der Waals surface area contributed by atoms with Crippen LogP contribution < -0.4 is 0 Å². The summed E-state index contributed by atoms with van der Waals surface area (Å²) in [6.07, 6.45) is 1.60. The number of carbonyl (C=O) groups excluding carboxylic acids is 2. The van der Waals surface area contributed by atoms with Crippen molar-refractivity contribution >= 4 is 11.9 Å². The molecule has 1 amide bonds. The highest BCUT2D eigenvalue weighted by molar-refractivity contribution is 5.89. The highest BCUT2D eigenvalue weighted by Crippen LogP contribution is 2.17. The topological polar surface area (TPSA) is 59.1 Å². The second-order valence-corrected chi connectivity index (χ2v) is 6.30. The first-order valence-corrected chi connectivity index (χ1v) is 8.47. The Morgan fingerprint density at radius 2 is 2.04 bits per heavy atom. The summed E-state index contributed by atoms with van der Waals surface area (Å²) in [6.45, 7) is 4.60. The van der Waals surface area contributed by atoms with Crippen molar-refractivity contribution in [2.75, 3.05) is 39.9 Å². The van der Waals surface area contributed by atoms with Crippen molar-refractivity contribution in [1.82, 2.24) is 9.80 Å². The van der Waals surface area contributed by atoms with Gasteiger partial charge in [0.05, 0.1) is 12.7 Å². The lowest BCUT2D eigenvalue weighted by molar-refractivity contribution is -0.142. The number of carbonyl (C=O) groups is 2. The van der Waals surface area contributed by atoms with Gasteiger partial charge in [0.15, 0.2) is 0 Å². The van der Waals surface area contributed by atoms with E-state index in [-0.39, 0.29) is 18.0 Å². The van der Waals surface area contributed by atoms with Crippen molar-refractivity contribution in [3.63, 3.8) is 0 Å². The Hall–Kier alpha value is -1.92. The Labute approximate surface area is 142 Å². The SMILES string of the molecule is COC(=O)c1cccc(CN2CCN(C(=O)C3CCCO3)CC2)c1. The number of hydrogen-bond donors (Lipinski definition) is 0. The quantitative estimate of drug-likeness (QED) is 0.778. The molecule has 0 radical (unpaired) electrons. The van der Waals surface area contributed by atoms with Crippen LogP contribution in [0.4, 0.5) is 0 Å². The first kappa shape index (κ1) is 16.9. The Morgan fingerprint density at radius 1 is 1.25 bits per heavy atom.